The van der Waals surface area contributed by atoms with Crippen molar-refractivity contribution >= 4 is 29.9 Å². The second-order valence-electron chi connectivity index (χ2n) is 9.67. The molecule has 31 heavy (non-hydrogen) atoms. The SMILES string of the molecule is CCNC(=NCC1CCN(Cc2nc(C)c(C)o2)CC1)N(C)CC1CCC(C)CC1.I. The number of guanidine groups is 1. The lowest BCUT2D eigenvalue weighted by Gasteiger charge is -2.32. The van der Waals surface area contributed by atoms with Gasteiger partial charge in [0, 0.05) is 26.7 Å². The summed E-state index contributed by atoms with van der Waals surface area (Å²) in [5.74, 6) is 5.29. The smallest absolute Gasteiger partial charge is 0.208 e. The molecule has 2 aliphatic rings. The van der Waals surface area contributed by atoms with Crippen LogP contribution in [0.15, 0.2) is 9.41 Å². The second kappa shape index (κ2) is 13.0. The van der Waals surface area contributed by atoms with Gasteiger partial charge in [-0.2, -0.15) is 0 Å². The molecule has 0 radical (unpaired) electrons. The van der Waals surface area contributed by atoms with E-state index in [1.54, 1.807) is 0 Å². The predicted octanol–water partition coefficient (Wildman–Crippen LogP) is 4.85. The van der Waals surface area contributed by atoms with E-state index in [-0.39, 0.29) is 24.0 Å². The van der Waals surface area contributed by atoms with Crippen molar-refractivity contribution in [2.24, 2.45) is 22.7 Å². The van der Waals surface area contributed by atoms with E-state index in [2.05, 4.69) is 41.0 Å². The van der Waals surface area contributed by atoms with Crippen LogP contribution in [-0.4, -0.2) is 60.5 Å². The summed E-state index contributed by atoms with van der Waals surface area (Å²) in [7, 11) is 2.21. The Kier molecular flexibility index (Phi) is 11.1. The van der Waals surface area contributed by atoms with E-state index in [1.165, 1.54) is 38.5 Å². The average molecular weight is 546 g/mol. The van der Waals surface area contributed by atoms with Crippen LogP contribution in [0, 0.1) is 31.6 Å². The zero-order valence-electron chi connectivity index (χ0n) is 20.3. The number of aromatic nitrogens is 1. The van der Waals surface area contributed by atoms with Gasteiger partial charge in [0.05, 0.1) is 12.2 Å². The number of aryl methyl sites for hydroxylation is 2. The second-order valence-corrected chi connectivity index (χ2v) is 9.67. The molecule has 0 bridgehead atoms. The number of aliphatic imine (C=N–C) groups is 1. The third-order valence-electron chi connectivity index (χ3n) is 7.00. The van der Waals surface area contributed by atoms with Crippen molar-refractivity contribution in [3.63, 3.8) is 0 Å². The zero-order valence-corrected chi connectivity index (χ0v) is 22.7. The highest BCUT2D eigenvalue weighted by atomic mass is 127. The lowest BCUT2D eigenvalue weighted by Crippen LogP contribution is -2.42. The molecule has 0 spiro atoms. The normalized spacial score (nSPS) is 23.5. The van der Waals surface area contributed by atoms with Gasteiger partial charge in [0.25, 0.3) is 0 Å². The van der Waals surface area contributed by atoms with Crippen LogP contribution in [0.25, 0.3) is 0 Å². The van der Waals surface area contributed by atoms with Crippen molar-refractivity contribution < 1.29 is 4.42 Å². The molecule has 0 aromatic carbocycles. The molecule has 1 saturated carbocycles. The highest BCUT2D eigenvalue weighted by Crippen LogP contribution is 2.28. The van der Waals surface area contributed by atoms with Crippen molar-refractivity contribution in [2.75, 3.05) is 39.8 Å². The molecule has 1 aliphatic carbocycles. The number of nitrogens with one attached hydrogen (secondary N) is 1. The Morgan fingerprint density at radius 2 is 1.81 bits per heavy atom. The maximum absolute atomic E-state index is 5.76. The minimum Gasteiger partial charge on any atom is -0.444 e. The first-order valence-electron chi connectivity index (χ1n) is 12.1. The summed E-state index contributed by atoms with van der Waals surface area (Å²) in [6, 6.07) is 0. The van der Waals surface area contributed by atoms with Crippen molar-refractivity contribution in [1.29, 1.82) is 0 Å². The van der Waals surface area contributed by atoms with E-state index in [0.29, 0.717) is 5.92 Å². The Labute approximate surface area is 206 Å². The molecule has 2 fully saturated rings. The molecule has 7 heteroatoms. The number of nitrogens with zero attached hydrogens (tertiary/aromatic N) is 4. The van der Waals surface area contributed by atoms with Gasteiger partial charge in [0.1, 0.15) is 5.76 Å². The topological polar surface area (TPSA) is 56.9 Å². The fourth-order valence-electron chi connectivity index (χ4n) is 4.80. The molecular weight excluding hydrogens is 501 g/mol. The van der Waals surface area contributed by atoms with Gasteiger partial charge in [0.2, 0.25) is 5.89 Å². The molecule has 2 heterocycles. The average Bonchev–Trinajstić information content (AvgIpc) is 3.04. The van der Waals surface area contributed by atoms with Crippen LogP contribution in [0.5, 0.6) is 0 Å². The third-order valence-corrected chi connectivity index (χ3v) is 7.00. The van der Waals surface area contributed by atoms with E-state index < -0.39 is 0 Å². The number of oxazole rings is 1. The van der Waals surface area contributed by atoms with E-state index in [4.69, 9.17) is 9.41 Å². The maximum Gasteiger partial charge on any atom is 0.208 e. The molecule has 1 aromatic heterocycles. The predicted molar refractivity (Wildman–Crippen MR) is 139 cm³/mol. The summed E-state index contributed by atoms with van der Waals surface area (Å²) >= 11 is 0. The Morgan fingerprint density at radius 1 is 1.13 bits per heavy atom. The maximum atomic E-state index is 5.76. The van der Waals surface area contributed by atoms with Gasteiger partial charge in [-0.25, -0.2) is 4.98 Å². The van der Waals surface area contributed by atoms with Gasteiger partial charge < -0.3 is 14.6 Å². The van der Waals surface area contributed by atoms with E-state index in [9.17, 15) is 0 Å². The summed E-state index contributed by atoms with van der Waals surface area (Å²) in [6.07, 6.45) is 7.91. The molecule has 1 aromatic rings. The molecule has 0 atom stereocenters. The minimum atomic E-state index is 0. The summed E-state index contributed by atoms with van der Waals surface area (Å²) in [5, 5.41) is 3.51. The van der Waals surface area contributed by atoms with E-state index in [1.807, 2.05) is 13.8 Å². The van der Waals surface area contributed by atoms with Crippen LogP contribution in [0.4, 0.5) is 0 Å². The number of likely N-dealkylation sites (tertiary alicyclic amines) is 1. The van der Waals surface area contributed by atoms with Gasteiger partial charge in [0.15, 0.2) is 5.96 Å². The molecule has 1 aliphatic heterocycles. The van der Waals surface area contributed by atoms with Crippen LogP contribution in [0.2, 0.25) is 0 Å². The van der Waals surface area contributed by atoms with Crippen LogP contribution in [0.3, 0.4) is 0 Å². The number of piperidine rings is 1. The number of hydrogen-bond donors (Lipinski definition) is 1. The first kappa shape index (κ1) is 26.4. The monoisotopic (exact) mass is 545 g/mol. The van der Waals surface area contributed by atoms with E-state index in [0.717, 1.165) is 74.4 Å². The Balaban J connectivity index is 0.00000341. The summed E-state index contributed by atoms with van der Waals surface area (Å²) in [4.78, 5) is 14.4. The van der Waals surface area contributed by atoms with Crippen molar-refractivity contribution in [3.8, 4) is 0 Å². The van der Waals surface area contributed by atoms with Crippen LogP contribution < -0.4 is 5.32 Å². The van der Waals surface area contributed by atoms with Gasteiger partial charge >= 0.3 is 0 Å². The van der Waals surface area contributed by atoms with Gasteiger partial charge in [-0.05, 0) is 77.3 Å². The van der Waals surface area contributed by atoms with Gasteiger partial charge in [-0.3, -0.25) is 9.89 Å². The summed E-state index contributed by atoms with van der Waals surface area (Å²) in [6.45, 7) is 14.6. The highest BCUT2D eigenvalue weighted by Gasteiger charge is 2.23. The standard InChI is InChI=1S/C24H43N5O.HI/c1-6-25-24(28(5)16-22-9-7-18(2)8-10-22)26-15-21-11-13-29(14-12-21)17-23-27-19(3)20(4)30-23;/h18,21-22H,6-17H2,1-5H3,(H,25,26);1H. The first-order valence-corrected chi connectivity index (χ1v) is 12.1. The lowest BCUT2D eigenvalue weighted by molar-refractivity contribution is 0.166. The molecule has 3 rings (SSSR count). The first-order chi connectivity index (χ1) is 14.4. The molecular formula is C24H44IN5O. The fraction of sp³-hybridized carbons (Fsp3) is 0.833. The molecule has 1 N–H and O–H groups in total. The fourth-order valence-corrected chi connectivity index (χ4v) is 4.80. The largest absolute Gasteiger partial charge is 0.444 e. The highest BCUT2D eigenvalue weighted by molar-refractivity contribution is 14.0. The van der Waals surface area contributed by atoms with Gasteiger partial charge in [-0.1, -0.05) is 19.8 Å². The Bertz CT molecular complexity index is 656. The molecule has 1 saturated heterocycles. The quantitative estimate of drug-likeness (QED) is 0.302. The summed E-state index contributed by atoms with van der Waals surface area (Å²) < 4.78 is 5.76. The van der Waals surface area contributed by atoms with Crippen LogP contribution >= 0.6 is 24.0 Å². The number of halogens is 1. The Morgan fingerprint density at radius 3 is 2.39 bits per heavy atom. The van der Waals surface area contributed by atoms with Crippen molar-refractivity contribution in [2.45, 2.75) is 72.8 Å². The van der Waals surface area contributed by atoms with E-state index >= 15 is 0 Å². The minimum absolute atomic E-state index is 0. The summed E-state index contributed by atoms with van der Waals surface area (Å²) in [5.41, 5.74) is 1.01. The van der Waals surface area contributed by atoms with Gasteiger partial charge in [-0.15, -0.1) is 24.0 Å². The third kappa shape index (κ3) is 8.22. The molecule has 0 amide bonds. The van der Waals surface area contributed by atoms with Crippen molar-refractivity contribution in [3.05, 3.63) is 17.3 Å². The van der Waals surface area contributed by atoms with Crippen molar-refractivity contribution in [1.82, 2.24) is 20.1 Å². The molecule has 6 nitrogen and oxygen atoms in total. The lowest BCUT2D eigenvalue weighted by atomic mass is 9.83. The van der Waals surface area contributed by atoms with Crippen LogP contribution in [-0.2, 0) is 6.54 Å². The number of rotatable bonds is 7. The van der Waals surface area contributed by atoms with Crippen LogP contribution in [0.1, 0.15) is 69.7 Å². The molecule has 0 unspecified atom stereocenters. The Hall–Kier alpha value is -0.830. The zero-order chi connectivity index (χ0) is 21.5. The number of hydrogen-bond acceptors (Lipinski definition) is 4. The molecule has 178 valence electrons.